The molecule has 146 valence electrons. The first-order valence-corrected chi connectivity index (χ1v) is 9.76. The second-order valence-electron chi connectivity index (χ2n) is 7.40. The molecule has 3 aromatic heterocycles. The summed E-state index contributed by atoms with van der Waals surface area (Å²) < 4.78 is 7.73. The molecule has 4 aromatic rings. The fraction of sp³-hybridized carbons (Fsp3) is 0.273. The van der Waals surface area contributed by atoms with Gasteiger partial charge in [-0.2, -0.15) is 4.52 Å². The molecule has 1 aliphatic rings. The van der Waals surface area contributed by atoms with Crippen LogP contribution < -0.4 is 9.64 Å². The Balaban J connectivity index is 1.39. The SMILES string of the molecule is Cc1c(N2CCc3ncc(OCc4ccccc4)cc3C2)nn2cnnc2c1C. The maximum Gasteiger partial charge on any atom is 0.180 e. The normalized spacial score (nSPS) is 13.5. The molecule has 7 nitrogen and oxygen atoms in total. The van der Waals surface area contributed by atoms with Gasteiger partial charge in [0.15, 0.2) is 11.5 Å². The maximum atomic E-state index is 5.97. The van der Waals surface area contributed by atoms with Crippen LogP contribution in [0.2, 0.25) is 0 Å². The molecule has 0 bridgehead atoms. The Hall–Kier alpha value is -3.48. The molecule has 5 rings (SSSR count). The van der Waals surface area contributed by atoms with Crippen LogP contribution >= 0.6 is 0 Å². The average Bonchev–Trinajstić information content (AvgIpc) is 3.24. The van der Waals surface area contributed by atoms with E-state index in [9.17, 15) is 0 Å². The van der Waals surface area contributed by atoms with E-state index in [0.29, 0.717) is 6.61 Å². The number of aromatic nitrogens is 5. The Morgan fingerprint density at radius 3 is 2.83 bits per heavy atom. The summed E-state index contributed by atoms with van der Waals surface area (Å²) in [6.07, 6.45) is 4.36. The minimum atomic E-state index is 0.537. The number of pyridine rings is 1. The van der Waals surface area contributed by atoms with Crippen LogP contribution in [0.4, 0.5) is 5.82 Å². The summed E-state index contributed by atoms with van der Waals surface area (Å²) >= 11 is 0. The highest BCUT2D eigenvalue weighted by Crippen LogP contribution is 2.28. The third-order valence-corrected chi connectivity index (χ3v) is 5.53. The monoisotopic (exact) mass is 386 g/mol. The van der Waals surface area contributed by atoms with Crippen LogP contribution in [-0.2, 0) is 19.6 Å². The lowest BCUT2D eigenvalue weighted by Gasteiger charge is -2.30. The number of hydrogen-bond acceptors (Lipinski definition) is 6. The fourth-order valence-corrected chi connectivity index (χ4v) is 3.77. The van der Waals surface area contributed by atoms with E-state index in [2.05, 4.69) is 52.1 Å². The van der Waals surface area contributed by atoms with Gasteiger partial charge in [0.1, 0.15) is 18.7 Å². The van der Waals surface area contributed by atoms with Crippen LogP contribution in [0.15, 0.2) is 48.9 Å². The van der Waals surface area contributed by atoms with Crippen LogP contribution in [0.3, 0.4) is 0 Å². The standard InChI is InChI=1S/C22H22N6O/c1-15-16(2)22(26-28-14-24-25-21(15)28)27-9-8-20-18(12-27)10-19(11-23-20)29-13-17-6-4-3-5-7-17/h3-7,10-11,14H,8-9,12-13H2,1-2H3. The van der Waals surface area contributed by atoms with Crippen molar-refractivity contribution in [3.05, 3.63) is 76.9 Å². The average molecular weight is 386 g/mol. The molecule has 7 heteroatoms. The van der Waals surface area contributed by atoms with Gasteiger partial charge in [0.05, 0.1) is 6.20 Å². The van der Waals surface area contributed by atoms with Gasteiger partial charge in [-0.1, -0.05) is 30.3 Å². The fourth-order valence-electron chi connectivity index (χ4n) is 3.77. The van der Waals surface area contributed by atoms with Gasteiger partial charge in [-0.25, -0.2) is 0 Å². The van der Waals surface area contributed by atoms with Crippen LogP contribution in [0, 0.1) is 13.8 Å². The summed E-state index contributed by atoms with van der Waals surface area (Å²) in [5, 5.41) is 12.9. The molecule has 29 heavy (non-hydrogen) atoms. The van der Waals surface area contributed by atoms with Crippen LogP contribution in [0.1, 0.15) is 27.9 Å². The van der Waals surface area contributed by atoms with Crippen molar-refractivity contribution < 1.29 is 4.74 Å². The molecule has 0 amide bonds. The van der Waals surface area contributed by atoms with Gasteiger partial charge in [-0.15, -0.1) is 15.3 Å². The predicted octanol–water partition coefficient (Wildman–Crippen LogP) is 3.28. The number of nitrogens with zero attached hydrogens (tertiary/aromatic N) is 6. The summed E-state index contributed by atoms with van der Waals surface area (Å²) in [6.45, 7) is 6.34. The number of benzene rings is 1. The summed E-state index contributed by atoms with van der Waals surface area (Å²) in [5.41, 5.74) is 6.51. The van der Waals surface area contributed by atoms with E-state index in [4.69, 9.17) is 9.84 Å². The van der Waals surface area contributed by atoms with Crippen molar-refractivity contribution in [2.24, 2.45) is 0 Å². The Kier molecular flexibility index (Phi) is 4.35. The first kappa shape index (κ1) is 17.6. The van der Waals surface area contributed by atoms with Gasteiger partial charge in [-0.3, -0.25) is 4.98 Å². The van der Waals surface area contributed by atoms with Crippen LogP contribution in [0.5, 0.6) is 5.75 Å². The molecular weight excluding hydrogens is 364 g/mol. The smallest absolute Gasteiger partial charge is 0.180 e. The van der Waals surface area contributed by atoms with E-state index in [0.717, 1.165) is 59.1 Å². The van der Waals surface area contributed by atoms with E-state index < -0.39 is 0 Å². The maximum absolute atomic E-state index is 5.97. The summed E-state index contributed by atoms with van der Waals surface area (Å²) in [7, 11) is 0. The molecule has 0 radical (unpaired) electrons. The molecule has 1 aromatic carbocycles. The zero-order valence-corrected chi connectivity index (χ0v) is 16.5. The van der Waals surface area contributed by atoms with E-state index >= 15 is 0 Å². The Bertz CT molecular complexity index is 1170. The van der Waals surface area contributed by atoms with Crippen molar-refractivity contribution in [1.29, 1.82) is 0 Å². The zero-order valence-electron chi connectivity index (χ0n) is 16.5. The Morgan fingerprint density at radius 1 is 1.10 bits per heavy atom. The van der Waals surface area contributed by atoms with Gasteiger partial charge >= 0.3 is 0 Å². The quantitative estimate of drug-likeness (QED) is 0.536. The highest BCUT2D eigenvalue weighted by Gasteiger charge is 2.22. The summed E-state index contributed by atoms with van der Waals surface area (Å²) in [6, 6.07) is 12.3. The predicted molar refractivity (Wildman–Crippen MR) is 110 cm³/mol. The molecular formula is C22H22N6O. The molecule has 4 heterocycles. The molecule has 0 spiro atoms. The second kappa shape index (κ2) is 7.16. The first-order chi connectivity index (χ1) is 14.2. The van der Waals surface area contributed by atoms with E-state index in [1.807, 2.05) is 24.4 Å². The number of fused-ring (bicyclic) bond motifs is 2. The molecule has 0 unspecified atom stereocenters. The van der Waals surface area contributed by atoms with Crippen molar-refractivity contribution in [1.82, 2.24) is 24.8 Å². The topological polar surface area (TPSA) is 68.4 Å². The molecule has 0 atom stereocenters. The number of aryl methyl sites for hydroxylation is 1. The van der Waals surface area contributed by atoms with Crippen molar-refractivity contribution in [3.8, 4) is 5.75 Å². The molecule has 0 aliphatic carbocycles. The molecule has 0 fully saturated rings. The largest absolute Gasteiger partial charge is 0.487 e. The van der Waals surface area contributed by atoms with Gasteiger partial charge in [-0.05, 0) is 31.0 Å². The Morgan fingerprint density at radius 2 is 1.97 bits per heavy atom. The lowest BCUT2D eigenvalue weighted by atomic mass is 10.0. The number of ether oxygens (including phenoxy) is 1. The van der Waals surface area contributed by atoms with Crippen molar-refractivity contribution in [3.63, 3.8) is 0 Å². The molecule has 0 saturated heterocycles. The van der Waals surface area contributed by atoms with Crippen LogP contribution in [-0.4, -0.2) is 31.3 Å². The molecule has 1 aliphatic heterocycles. The highest BCUT2D eigenvalue weighted by molar-refractivity contribution is 5.59. The second-order valence-corrected chi connectivity index (χ2v) is 7.40. The third kappa shape index (κ3) is 3.29. The van der Waals surface area contributed by atoms with Gasteiger partial charge in [0, 0.05) is 36.3 Å². The first-order valence-electron chi connectivity index (χ1n) is 9.76. The van der Waals surface area contributed by atoms with Crippen molar-refractivity contribution in [2.75, 3.05) is 11.4 Å². The number of rotatable bonds is 4. The lowest BCUT2D eigenvalue weighted by molar-refractivity contribution is 0.304. The van der Waals surface area contributed by atoms with Gasteiger partial charge < -0.3 is 9.64 Å². The summed E-state index contributed by atoms with van der Waals surface area (Å²) in [5.74, 6) is 1.76. The van der Waals surface area contributed by atoms with Gasteiger partial charge in [0.25, 0.3) is 0 Å². The third-order valence-electron chi connectivity index (χ3n) is 5.53. The Labute approximate surface area is 169 Å². The van der Waals surface area contributed by atoms with Gasteiger partial charge in [0.2, 0.25) is 0 Å². The number of hydrogen-bond donors (Lipinski definition) is 0. The minimum absolute atomic E-state index is 0.537. The number of anilines is 1. The zero-order chi connectivity index (χ0) is 19.8. The summed E-state index contributed by atoms with van der Waals surface area (Å²) in [4.78, 5) is 6.94. The highest BCUT2D eigenvalue weighted by atomic mass is 16.5. The van der Waals surface area contributed by atoms with Crippen molar-refractivity contribution >= 4 is 11.5 Å². The van der Waals surface area contributed by atoms with E-state index in [1.165, 1.54) is 5.56 Å². The molecule has 0 saturated carbocycles. The van der Waals surface area contributed by atoms with Crippen LogP contribution in [0.25, 0.3) is 5.65 Å². The minimum Gasteiger partial charge on any atom is -0.487 e. The van der Waals surface area contributed by atoms with E-state index in [-0.39, 0.29) is 0 Å². The molecule has 0 N–H and O–H groups in total. The lowest BCUT2D eigenvalue weighted by Crippen LogP contribution is -2.32. The van der Waals surface area contributed by atoms with E-state index in [1.54, 1.807) is 10.8 Å². The van der Waals surface area contributed by atoms with Crippen molar-refractivity contribution in [2.45, 2.75) is 33.4 Å².